The lowest BCUT2D eigenvalue weighted by molar-refractivity contribution is -0.137. The van der Waals surface area contributed by atoms with E-state index >= 15 is 0 Å². The van der Waals surface area contributed by atoms with Gasteiger partial charge in [-0.05, 0) is 60.0 Å². The third kappa shape index (κ3) is 5.43. The highest BCUT2D eigenvalue weighted by Gasteiger charge is 2.32. The first-order chi connectivity index (χ1) is 14.1. The summed E-state index contributed by atoms with van der Waals surface area (Å²) in [5.74, 6) is -1.42. The second-order valence-corrected chi connectivity index (χ2v) is 7.61. The Bertz CT molecular complexity index is 1040. The predicted molar refractivity (Wildman–Crippen MR) is 106 cm³/mol. The van der Waals surface area contributed by atoms with E-state index in [1.54, 1.807) is 16.4 Å². The van der Waals surface area contributed by atoms with E-state index in [-0.39, 0.29) is 22.9 Å². The zero-order valence-corrected chi connectivity index (χ0v) is 16.6. The molecule has 30 heavy (non-hydrogen) atoms. The molecule has 0 fully saturated rings. The molecule has 0 saturated carbocycles. The number of anilines is 1. The molecule has 0 aliphatic heterocycles. The molecular formula is C20H13ClF4N2O2S. The minimum absolute atomic E-state index is 0.0845. The number of pyridine rings is 1. The molecule has 0 aliphatic rings. The fourth-order valence-electron chi connectivity index (χ4n) is 2.46. The van der Waals surface area contributed by atoms with Crippen LogP contribution in [0.5, 0.6) is 0 Å². The summed E-state index contributed by atoms with van der Waals surface area (Å²) in [5, 5.41) is 8.81. The van der Waals surface area contributed by atoms with E-state index in [1.165, 1.54) is 36.4 Å². The molecule has 0 saturated heterocycles. The van der Waals surface area contributed by atoms with Crippen molar-refractivity contribution in [1.82, 2.24) is 4.98 Å². The van der Waals surface area contributed by atoms with Gasteiger partial charge in [-0.2, -0.15) is 13.2 Å². The van der Waals surface area contributed by atoms with Gasteiger partial charge in [0.15, 0.2) is 5.82 Å². The number of aromatic carboxylic acids is 1. The van der Waals surface area contributed by atoms with Crippen molar-refractivity contribution in [1.29, 1.82) is 0 Å². The molecule has 4 nitrogen and oxygen atoms in total. The van der Waals surface area contributed by atoms with Crippen LogP contribution in [0, 0.1) is 5.82 Å². The van der Waals surface area contributed by atoms with Gasteiger partial charge in [-0.3, -0.25) is 4.31 Å². The smallest absolute Gasteiger partial charge is 0.417 e. The van der Waals surface area contributed by atoms with Crippen LogP contribution in [0.2, 0.25) is 5.02 Å². The average Bonchev–Trinajstić information content (AvgIpc) is 2.69. The highest BCUT2D eigenvalue weighted by atomic mass is 35.5. The Morgan fingerprint density at radius 1 is 1.10 bits per heavy atom. The number of halogens is 5. The Hall–Kier alpha value is -2.78. The maximum Gasteiger partial charge on any atom is 0.417 e. The zero-order chi connectivity index (χ0) is 21.9. The molecule has 0 aliphatic carbocycles. The number of rotatable bonds is 6. The molecular weight excluding hydrogens is 444 g/mol. The molecule has 1 N–H and O–H groups in total. The van der Waals surface area contributed by atoms with Gasteiger partial charge in [0.2, 0.25) is 0 Å². The Balaban J connectivity index is 1.94. The molecule has 0 radical (unpaired) electrons. The number of hydrogen-bond acceptors (Lipinski definition) is 4. The number of nitrogens with zero attached hydrogens (tertiary/aromatic N) is 2. The first kappa shape index (κ1) is 21.9. The van der Waals surface area contributed by atoms with E-state index in [2.05, 4.69) is 4.98 Å². The molecule has 1 heterocycles. The summed E-state index contributed by atoms with van der Waals surface area (Å²) in [5.41, 5.74) is -0.215. The van der Waals surface area contributed by atoms with Crippen molar-refractivity contribution in [2.24, 2.45) is 0 Å². The van der Waals surface area contributed by atoms with Crippen molar-refractivity contribution in [3.63, 3.8) is 0 Å². The second kappa shape index (κ2) is 8.93. The first-order valence-corrected chi connectivity index (χ1v) is 9.54. The van der Waals surface area contributed by atoms with Crippen LogP contribution in [-0.2, 0) is 12.7 Å². The fraction of sp³-hybridized carbons (Fsp3) is 0.100. The summed E-state index contributed by atoms with van der Waals surface area (Å²) in [6, 6.07) is 12.3. The van der Waals surface area contributed by atoms with Crippen molar-refractivity contribution in [3.05, 3.63) is 88.3 Å². The molecule has 10 heteroatoms. The maximum atomic E-state index is 13.2. The van der Waals surface area contributed by atoms with Gasteiger partial charge in [0, 0.05) is 11.1 Å². The van der Waals surface area contributed by atoms with Gasteiger partial charge in [-0.1, -0.05) is 23.7 Å². The molecule has 0 atom stereocenters. The number of aromatic nitrogens is 1. The zero-order valence-electron chi connectivity index (χ0n) is 15.0. The van der Waals surface area contributed by atoms with Crippen molar-refractivity contribution >= 4 is 35.3 Å². The van der Waals surface area contributed by atoms with Crippen LogP contribution in [-0.4, -0.2) is 16.1 Å². The summed E-state index contributed by atoms with van der Waals surface area (Å²) >= 11 is 7.21. The standard InChI is InChI=1S/C20H13ClF4N2O2S/c21-17-9-14(20(23,24)25)10-26-18(17)27(11-12-1-5-15(22)6-2-12)30-16-7-3-13(4-8-16)19(28)29/h1-10H,11H2,(H,28,29). The quantitative estimate of drug-likeness (QED) is 0.348. The highest BCUT2D eigenvalue weighted by molar-refractivity contribution is 8.00. The summed E-state index contributed by atoms with van der Waals surface area (Å²) in [6.45, 7) is 0.156. The Kier molecular flexibility index (Phi) is 6.52. The van der Waals surface area contributed by atoms with Crippen molar-refractivity contribution < 1.29 is 27.5 Å². The van der Waals surface area contributed by atoms with Crippen molar-refractivity contribution in [3.8, 4) is 0 Å². The average molecular weight is 457 g/mol. The summed E-state index contributed by atoms with van der Waals surface area (Å²) in [4.78, 5) is 15.5. The number of benzene rings is 2. The molecule has 0 amide bonds. The molecule has 0 spiro atoms. The lowest BCUT2D eigenvalue weighted by atomic mass is 10.2. The summed E-state index contributed by atoms with van der Waals surface area (Å²) in [6.07, 6.45) is -3.90. The van der Waals surface area contributed by atoms with Gasteiger partial charge < -0.3 is 5.11 Å². The first-order valence-electron chi connectivity index (χ1n) is 8.39. The predicted octanol–water partition coefficient (Wildman–Crippen LogP) is 6.31. The number of carboxylic acids is 1. The summed E-state index contributed by atoms with van der Waals surface area (Å²) in [7, 11) is 0. The van der Waals surface area contributed by atoms with Gasteiger partial charge in [-0.25, -0.2) is 14.2 Å². The van der Waals surface area contributed by atoms with Crippen LogP contribution >= 0.6 is 23.5 Å². The van der Waals surface area contributed by atoms with Crippen LogP contribution in [0.3, 0.4) is 0 Å². The molecule has 0 unspecified atom stereocenters. The van der Waals surface area contributed by atoms with Gasteiger partial charge >= 0.3 is 12.1 Å². The number of carboxylic acid groups (broad SMARTS) is 1. The molecule has 3 rings (SSSR count). The molecule has 156 valence electrons. The van der Waals surface area contributed by atoms with Crippen LogP contribution in [0.1, 0.15) is 21.5 Å². The van der Waals surface area contributed by atoms with Crippen LogP contribution in [0.15, 0.2) is 65.7 Å². The van der Waals surface area contributed by atoms with Gasteiger partial charge in [0.05, 0.1) is 22.7 Å². The minimum atomic E-state index is -4.59. The van der Waals surface area contributed by atoms with Gasteiger partial charge in [-0.15, -0.1) is 0 Å². The lowest BCUT2D eigenvalue weighted by Crippen LogP contribution is -2.17. The normalized spacial score (nSPS) is 11.4. The maximum absolute atomic E-state index is 13.2. The van der Waals surface area contributed by atoms with Gasteiger partial charge in [0.1, 0.15) is 5.82 Å². The Morgan fingerprint density at radius 2 is 1.73 bits per heavy atom. The topological polar surface area (TPSA) is 53.4 Å². The van der Waals surface area contributed by atoms with Crippen molar-refractivity contribution in [2.75, 3.05) is 4.31 Å². The fourth-order valence-corrected chi connectivity index (χ4v) is 3.74. The highest BCUT2D eigenvalue weighted by Crippen LogP contribution is 2.37. The second-order valence-electron chi connectivity index (χ2n) is 6.11. The number of alkyl halides is 3. The third-order valence-corrected chi connectivity index (χ3v) is 5.23. The van der Waals surface area contributed by atoms with E-state index in [0.717, 1.165) is 18.0 Å². The Morgan fingerprint density at radius 3 is 2.27 bits per heavy atom. The monoisotopic (exact) mass is 456 g/mol. The number of carbonyl (C=O) groups is 1. The lowest BCUT2D eigenvalue weighted by Gasteiger charge is -2.24. The van der Waals surface area contributed by atoms with Crippen LogP contribution in [0.25, 0.3) is 0 Å². The third-order valence-electron chi connectivity index (χ3n) is 3.94. The molecule has 2 aromatic carbocycles. The van der Waals surface area contributed by atoms with Crippen molar-refractivity contribution in [2.45, 2.75) is 17.6 Å². The number of hydrogen-bond donors (Lipinski definition) is 1. The SMILES string of the molecule is O=C(O)c1ccc(SN(Cc2ccc(F)cc2)c2ncc(C(F)(F)F)cc2Cl)cc1. The van der Waals surface area contributed by atoms with E-state index in [9.17, 15) is 22.4 Å². The molecule has 3 aromatic rings. The van der Waals surface area contributed by atoms with Crippen LogP contribution < -0.4 is 4.31 Å². The molecule has 0 bridgehead atoms. The van der Waals surface area contributed by atoms with E-state index in [1.807, 2.05) is 0 Å². The van der Waals surface area contributed by atoms with E-state index in [4.69, 9.17) is 16.7 Å². The molecule has 1 aromatic heterocycles. The summed E-state index contributed by atoms with van der Waals surface area (Å²) < 4.78 is 53.6. The van der Waals surface area contributed by atoms with Gasteiger partial charge in [0.25, 0.3) is 0 Å². The van der Waals surface area contributed by atoms with Crippen LogP contribution in [0.4, 0.5) is 23.4 Å². The van der Waals surface area contributed by atoms with E-state index < -0.39 is 23.5 Å². The Labute approximate surface area is 178 Å². The van der Waals surface area contributed by atoms with E-state index in [0.29, 0.717) is 16.7 Å². The minimum Gasteiger partial charge on any atom is -0.478 e. The largest absolute Gasteiger partial charge is 0.478 e.